The summed E-state index contributed by atoms with van der Waals surface area (Å²) in [6, 6.07) is 12.1. The van der Waals surface area contributed by atoms with Crippen LogP contribution in [0, 0.1) is 0 Å². The molecule has 2 aromatic rings. The number of nitrogens with one attached hydrogen (secondary N) is 2. The fourth-order valence-electron chi connectivity index (χ4n) is 3.66. The van der Waals surface area contributed by atoms with Gasteiger partial charge in [0.25, 0.3) is 0 Å². The van der Waals surface area contributed by atoms with Crippen LogP contribution in [0.25, 0.3) is 11.1 Å². The number of likely N-dealkylation sites (tertiary alicyclic amines) is 1. The molecule has 160 valence electrons. The number of amides is 3. The molecule has 6 nitrogen and oxygen atoms in total. The first-order valence-corrected chi connectivity index (χ1v) is 10.9. The average Bonchev–Trinajstić information content (AvgIpc) is 2.75. The summed E-state index contributed by atoms with van der Waals surface area (Å²) in [6.07, 6.45) is 5.99. The van der Waals surface area contributed by atoms with Crippen LogP contribution in [0.3, 0.4) is 0 Å². The van der Waals surface area contributed by atoms with Gasteiger partial charge in [0, 0.05) is 12.1 Å². The predicted octanol–water partition coefficient (Wildman–Crippen LogP) is 4.49. The lowest BCUT2D eigenvalue weighted by Gasteiger charge is -2.26. The molecule has 4 N–H and O–H groups in total. The molecule has 1 aliphatic rings. The van der Waals surface area contributed by atoms with Gasteiger partial charge in [0.1, 0.15) is 0 Å². The van der Waals surface area contributed by atoms with Gasteiger partial charge in [0.05, 0.1) is 10.7 Å². The van der Waals surface area contributed by atoms with E-state index in [0.29, 0.717) is 22.8 Å². The summed E-state index contributed by atoms with van der Waals surface area (Å²) >= 11 is 6.36. The number of unbranched alkanes of at least 4 members (excludes halogenated alkanes) is 1. The number of urea groups is 1. The molecule has 1 heterocycles. The fraction of sp³-hybridized carbons (Fsp3) is 0.391. The molecule has 0 bridgehead atoms. The van der Waals surface area contributed by atoms with Gasteiger partial charge in [-0.15, -0.1) is 0 Å². The number of nitrogens with zero attached hydrogens (tertiary/aromatic N) is 1. The maximum atomic E-state index is 12.2. The second-order valence-electron chi connectivity index (χ2n) is 7.63. The molecule has 0 radical (unpaired) electrons. The third-order valence-electron chi connectivity index (χ3n) is 5.33. The van der Waals surface area contributed by atoms with E-state index in [1.165, 1.54) is 32.4 Å². The van der Waals surface area contributed by atoms with Crippen LogP contribution in [0.2, 0.25) is 5.02 Å². The number of rotatable bonds is 8. The molecule has 3 rings (SSSR count). The summed E-state index contributed by atoms with van der Waals surface area (Å²) in [5, 5.41) is 6.10. The van der Waals surface area contributed by atoms with Gasteiger partial charge >= 0.3 is 6.03 Å². The Hall–Kier alpha value is -2.57. The Kier molecular flexibility index (Phi) is 8.11. The lowest BCUT2D eigenvalue weighted by atomic mass is 10.0. The lowest BCUT2D eigenvalue weighted by Crippen LogP contribution is -2.32. The van der Waals surface area contributed by atoms with Crippen molar-refractivity contribution in [2.24, 2.45) is 5.73 Å². The van der Waals surface area contributed by atoms with Crippen LogP contribution in [-0.2, 0) is 0 Å². The first-order chi connectivity index (χ1) is 14.5. The second kappa shape index (κ2) is 11.0. The highest BCUT2D eigenvalue weighted by Gasteiger charge is 2.10. The molecule has 1 saturated heterocycles. The van der Waals surface area contributed by atoms with Gasteiger partial charge in [-0.05, 0) is 80.7 Å². The van der Waals surface area contributed by atoms with E-state index >= 15 is 0 Å². The van der Waals surface area contributed by atoms with Crippen LogP contribution in [0.1, 0.15) is 42.5 Å². The molecule has 1 aliphatic heterocycles. The highest BCUT2D eigenvalue weighted by atomic mass is 35.5. The van der Waals surface area contributed by atoms with Crippen molar-refractivity contribution in [1.82, 2.24) is 10.2 Å². The van der Waals surface area contributed by atoms with Crippen molar-refractivity contribution in [3.8, 4) is 11.1 Å². The van der Waals surface area contributed by atoms with E-state index in [9.17, 15) is 9.59 Å². The van der Waals surface area contributed by atoms with Gasteiger partial charge in [0.15, 0.2) is 0 Å². The quantitative estimate of drug-likeness (QED) is 0.541. The Balaban J connectivity index is 1.46. The number of nitrogens with two attached hydrogens (primary N) is 1. The van der Waals surface area contributed by atoms with Crippen molar-refractivity contribution >= 4 is 29.2 Å². The summed E-state index contributed by atoms with van der Waals surface area (Å²) in [7, 11) is 0. The normalized spacial score (nSPS) is 14.3. The zero-order chi connectivity index (χ0) is 21.3. The second-order valence-corrected chi connectivity index (χ2v) is 8.04. The highest BCUT2D eigenvalue weighted by Crippen LogP contribution is 2.29. The molecular weight excluding hydrogens is 400 g/mol. The van der Waals surface area contributed by atoms with Crippen LogP contribution in [0.5, 0.6) is 0 Å². The largest absolute Gasteiger partial charge is 0.366 e. The Morgan fingerprint density at radius 1 is 1.00 bits per heavy atom. The Bertz CT molecular complexity index is 881. The van der Waals surface area contributed by atoms with E-state index in [2.05, 4.69) is 15.5 Å². The number of hydrogen-bond donors (Lipinski definition) is 3. The molecule has 0 saturated carbocycles. The van der Waals surface area contributed by atoms with Crippen molar-refractivity contribution in [1.29, 1.82) is 0 Å². The molecule has 0 spiro atoms. The Morgan fingerprint density at radius 2 is 1.77 bits per heavy atom. The number of benzene rings is 2. The monoisotopic (exact) mass is 428 g/mol. The summed E-state index contributed by atoms with van der Waals surface area (Å²) in [6.45, 7) is 4.15. The number of primary amides is 1. The van der Waals surface area contributed by atoms with Crippen LogP contribution in [-0.4, -0.2) is 43.0 Å². The summed E-state index contributed by atoms with van der Waals surface area (Å²) in [4.78, 5) is 26.0. The molecular formula is C23H29ClN4O2. The van der Waals surface area contributed by atoms with Crippen LogP contribution in [0.15, 0.2) is 42.5 Å². The lowest BCUT2D eigenvalue weighted by molar-refractivity contribution is 0.100. The van der Waals surface area contributed by atoms with Crippen LogP contribution in [0.4, 0.5) is 10.5 Å². The van der Waals surface area contributed by atoms with Gasteiger partial charge in [-0.1, -0.05) is 36.2 Å². The van der Waals surface area contributed by atoms with E-state index in [-0.39, 0.29) is 6.03 Å². The SMILES string of the molecule is NC(=O)c1cccc(-c2ccc(NC(=O)NCCCCN3CCCCC3)c(Cl)c2)c1. The van der Waals surface area contributed by atoms with E-state index in [1.807, 2.05) is 12.1 Å². The van der Waals surface area contributed by atoms with Crippen molar-refractivity contribution in [2.45, 2.75) is 32.1 Å². The Labute approximate surface area is 182 Å². The minimum atomic E-state index is -0.478. The maximum Gasteiger partial charge on any atom is 0.319 e. The number of carbonyl (C=O) groups excluding carboxylic acids is 2. The summed E-state index contributed by atoms with van der Waals surface area (Å²) < 4.78 is 0. The Morgan fingerprint density at radius 3 is 2.50 bits per heavy atom. The zero-order valence-corrected chi connectivity index (χ0v) is 17.9. The third kappa shape index (κ3) is 6.47. The molecule has 0 unspecified atom stereocenters. The van der Waals surface area contributed by atoms with Gasteiger partial charge in [-0.25, -0.2) is 4.79 Å². The first-order valence-electron chi connectivity index (χ1n) is 10.5. The van der Waals surface area contributed by atoms with Crippen LogP contribution < -0.4 is 16.4 Å². The van der Waals surface area contributed by atoms with Gasteiger partial charge in [-0.2, -0.15) is 0 Å². The molecule has 0 aromatic heterocycles. The minimum absolute atomic E-state index is 0.265. The number of halogens is 1. The van der Waals surface area contributed by atoms with Crippen molar-refractivity contribution < 1.29 is 9.59 Å². The summed E-state index contributed by atoms with van der Waals surface area (Å²) in [5.74, 6) is -0.478. The van der Waals surface area contributed by atoms with Crippen LogP contribution >= 0.6 is 11.6 Å². The van der Waals surface area contributed by atoms with E-state index in [0.717, 1.165) is 30.5 Å². The van der Waals surface area contributed by atoms with Crippen molar-refractivity contribution in [2.75, 3.05) is 31.5 Å². The van der Waals surface area contributed by atoms with Gasteiger partial charge < -0.3 is 21.3 Å². The number of piperidine rings is 1. The van der Waals surface area contributed by atoms with Gasteiger partial charge in [0.2, 0.25) is 5.91 Å². The maximum absolute atomic E-state index is 12.2. The molecule has 7 heteroatoms. The number of hydrogen-bond acceptors (Lipinski definition) is 3. The topological polar surface area (TPSA) is 87.5 Å². The van der Waals surface area contributed by atoms with E-state index in [4.69, 9.17) is 17.3 Å². The zero-order valence-electron chi connectivity index (χ0n) is 17.1. The van der Waals surface area contributed by atoms with Gasteiger partial charge in [-0.3, -0.25) is 4.79 Å². The van der Waals surface area contributed by atoms with Crippen molar-refractivity contribution in [3.05, 3.63) is 53.1 Å². The van der Waals surface area contributed by atoms with Crippen molar-refractivity contribution in [3.63, 3.8) is 0 Å². The molecule has 1 fully saturated rings. The first kappa shape index (κ1) is 22.1. The molecule has 0 aliphatic carbocycles. The molecule has 2 aromatic carbocycles. The van der Waals surface area contributed by atoms with E-state index < -0.39 is 5.91 Å². The highest BCUT2D eigenvalue weighted by molar-refractivity contribution is 6.34. The average molecular weight is 429 g/mol. The van der Waals surface area contributed by atoms with E-state index in [1.54, 1.807) is 30.3 Å². The number of carbonyl (C=O) groups is 2. The molecule has 0 atom stereocenters. The smallest absolute Gasteiger partial charge is 0.319 e. The molecule has 3 amide bonds. The minimum Gasteiger partial charge on any atom is -0.366 e. The summed E-state index contributed by atoms with van der Waals surface area (Å²) in [5.41, 5.74) is 7.99. The fourth-order valence-corrected chi connectivity index (χ4v) is 3.89. The standard InChI is InChI=1S/C23H29ClN4O2/c24-20-16-18(17-7-6-8-19(15-17)22(25)29)9-10-21(20)27-23(30)26-11-2-5-14-28-12-3-1-4-13-28/h6-10,15-16H,1-5,11-14H2,(H2,25,29)(H2,26,27,30). The third-order valence-corrected chi connectivity index (χ3v) is 5.65. The molecule has 30 heavy (non-hydrogen) atoms. The predicted molar refractivity (Wildman–Crippen MR) is 122 cm³/mol. The number of anilines is 1.